The molecule has 0 unspecified atom stereocenters. The number of ether oxygens (including phenoxy) is 1. The molecule has 4 rings (SSSR count). The van der Waals surface area contributed by atoms with Crippen LogP contribution in [0.3, 0.4) is 0 Å². The van der Waals surface area contributed by atoms with Gasteiger partial charge in [-0.1, -0.05) is 12.1 Å². The van der Waals surface area contributed by atoms with Crippen molar-refractivity contribution >= 4 is 23.1 Å². The second kappa shape index (κ2) is 6.20. The number of H-pyrrole nitrogens is 1. The highest BCUT2D eigenvalue weighted by atomic mass is 16.5. The van der Waals surface area contributed by atoms with E-state index in [0.717, 1.165) is 27.7 Å². The molecule has 25 heavy (non-hydrogen) atoms. The van der Waals surface area contributed by atoms with E-state index in [2.05, 4.69) is 25.4 Å². The first kappa shape index (κ1) is 15.1. The molecule has 0 aliphatic heterocycles. The maximum absolute atomic E-state index is 5.64. The molecule has 0 saturated carbocycles. The van der Waals surface area contributed by atoms with E-state index in [0.29, 0.717) is 17.5 Å². The van der Waals surface area contributed by atoms with E-state index in [-0.39, 0.29) is 0 Å². The molecular formula is C18H15N5O2. The smallest absolute Gasteiger partial charge is 0.251 e. The van der Waals surface area contributed by atoms with Crippen LogP contribution in [0.2, 0.25) is 0 Å². The number of benzene rings is 1. The lowest BCUT2D eigenvalue weighted by atomic mass is 10.1. The second-order valence-electron chi connectivity index (χ2n) is 5.42. The van der Waals surface area contributed by atoms with Gasteiger partial charge in [-0.2, -0.15) is 5.10 Å². The van der Waals surface area contributed by atoms with E-state index >= 15 is 0 Å². The number of fused-ring (bicyclic) bond motifs is 1. The molecule has 0 aliphatic carbocycles. The van der Waals surface area contributed by atoms with Gasteiger partial charge < -0.3 is 9.15 Å². The molecule has 0 amide bonds. The van der Waals surface area contributed by atoms with Crippen LogP contribution in [0.15, 0.2) is 41.1 Å². The number of aromatic nitrogens is 5. The number of nitrogens with zero attached hydrogens (tertiary/aromatic N) is 4. The van der Waals surface area contributed by atoms with Crippen LogP contribution >= 0.6 is 0 Å². The van der Waals surface area contributed by atoms with E-state index in [9.17, 15) is 0 Å². The van der Waals surface area contributed by atoms with Gasteiger partial charge in [-0.25, -0.2) is 0 Å². The van der Waals surface area contributed by atoms with Crippen molar-refractivity contribution in [1.29, 1.82) is 0 Å². The summed E-state index contributed by atoms with van der Waals surface area (Å²) < 4.78 is 11.2. The maximum atomic E-state index is 5.64. The van der Waals surface area contributed by atoms with Crippen LogP contribution in [0, 0.1) is 6.92 Å². The molecule has 0 bridgehead atoms. The molecule has 124 valence electrons. The molecule has 1 N–H and O–H groups in total. The minimum atomic E-state index is 0.416. The fourth-order valence-electron chi connectivity index (χ4n) is 2.66. The number of hydrogen-bond acceptors (Lipinski definition) is 6. The number of aryl methyl sites for hydroxylation is 1. The molecule has 1 aromatic carbocycles. The predicted molar refractivity (Wildman–Crippen MR) is 93.8 cm³/mol. The van der Waals surface area contributed by atoms with Crippen LogP contribution in [0.25, 0.3) is 34.5 Å². The van der Waals surface area contributed by atoms with Gasteiger partial charge in [0.25, 0.3) is 5.89 Å². The zero-order chi connectivity index (χ0) is 17.2. The Morgan fingerprint density at radius 2 is 2.08 bits per heavy atom. The van der Waals surface area contributed by atoms with Gasteiger partial charge in [0.15, 0.2) is 0 Å². The molecule has 0 radical (unpaired) electrons. The largest absolute Gasteiger partial charge is 0.495 e. The minimum Gasteiger partial charge on any atom is -0.495 e. The first-order valence-electron chi connectivity index (χ1n) is 7.70. The van der Waals surface area contributed by atoms with Crippen molar-refractivity contribution in [3.63, 3.8) is 0 Å². The quantitative estimate of drug-likeness (QED) is 0.615. The zero-order valence-electron chi connectivity index (χ0n) is 13.7. The summed E-state index contributed by atoms with van der Waals surface area (Å²) in [6.45, 7) is 1.75. The number of hydrogen-bond donors (Lipinski definition) is 1. The molecule has 0 atom stereocenters. The van der Waals surface area contributed by atoms with Crippen LogP contribution in [-0.4, -0.2) is 32.5 Å². The molecule has 3 heterocycles. The Morgan fingerprint density at radius 1 is 1.16 bits per heavy atom. The van der Waals surface area contributed by atoms with E-state index in [1.165, 1.54) is 0 Å². The molecule has 0 fully saturated rings. The standard InChI is InChI=1S/C18H15N5O2/c1-11-20-23-18(25-11)13-6-8-15-16(17(13)24-2)14(21-22-15)7-5-12-4-3-9-19-10-12/h3-10H,1-2H3,(H,21,22)/b7-5+. The Hall–Kier alpha value is -3.48. The number of methoxy groups -OCH3 is 1. The number of pyridine rings is 1. The number of rotatable bonds is 4. The van der Waals surface area contributed by atoms with Gasteiger partial charge in [0, 0.05) is 19.3 Å². The van der Waals surface area contributed by atoms with Crippen molar-refractivity contribution in [3.8, 4) is 17.2 Å². The second-order valence-corrected chi connectivity index (χ2v) is 5.42. The van der Waals surface area contributed by atoms with Crippen molar-refractivity contribution < 1.29 is 9.15 Å². The molecule has 3 aromatic heterocycles. The summed E-state index contributed by atoms with van der Waals surface area (Å²) in [7, 11) is 1.61. The summed E-state index contributed by atoms with van der Waals surface area (Å²) in [6.07, 6.45) is 7.39. The van der Waals surface area contributed by atoms with Crippen LogP contribution in [0.4, 0.5) is 0 Å². The fourth-order valence-corrected chi connectivity index (χ4v) is 2.66. The average Bonchev–Trinajstić information content (AvgIpc) is 3.26. The number of aromatic amines is 1. The fraction of sp³-hybridized carbons (Fsp3) is 0.111. The van der Waals surface area contributed by atoms with Gasteiger partial charge >= 0.3 is 0 Å². The highest BCUT2D eigenvalue weighted by Gasteiger charge is 2.18. The molecule has 7 nitrogen and oxygen atoms in total. The van der Waals surface area contributed by atoms with E-state index in [4.69, 9.17) is 9.15 Å². The van der Waals surface area contributed by atoms with Crippen LogP contribution in [0.1, 0.15) is 17.1 Å². The minimum absolute atomic E-state index is 0.416. The van der Waals surface area contributed by atoms with Gasteiger partial charge in [0.05, 0.1) is 29.3 Å². The predicted octanol–water partition coefficient (Wildman–Crippen LogP) is 3.50. The Morgan fingerprint density at radius 3 is 2.80 bits per heavy atom. The first-order valence-corrected chi connectivity index (χ1v) is 7.70. The normalized spacial score (nSPS) is 11.4. The van der Waals surface area contributed by atoms with Crippen LogP contribution in [-0.2, 0) is 0 Å². The summed E-state index contributed by atoms with van der Waals surface area (Å²) in [6, 6.07) is 7.66. The average molecular weight is 333 g/mol. The SMILES string of the molecule is COc1c(-c2nnc(C)o2)ccc2[nH]nc(/C=C/c3cccnc3)c12. The first-order chi connectivity index (χ1) is 12.3. The molecule has 0 spiro atoms. The van der Waals surface area contributed by atoms with Gasteiger partial charge in [-0.3, -0.25) is 10.1 Å². The summed E-state index contributed by atoms with van der Waals surface area (Å²) >= 11 is 0. The number of nitrogens with one attached hydrogen (secondary N) is 1. The topological polar surface area (TPSA) is 89.7 Å². The monoisotopic (exact) mass is 333 g/mol. The summed E-state index contributed by atoms with van der Waals surface area (Å²) in [5.41, 5.74) is 3.34. The zero-order valence-corrected chi connectivity index (χ0v) is 13.7. The Kier molecular flexibility index (Phi) is 3.74. The summed E-state index contributed by atoms with van der Waals surface area (Å²) in [5.74, 6) is 1.56. The van der Waals surface area contributed by atoms with Gasteiger partial charge in [0.1, 0.15) is 5.75 Å². The van der Waals surface area contributed by atoms with Gasteiger partial charge in [-0.05, 0) is 29.8 Å². The third kappa shape index (κ3) is 2.76. The Balaban J connectivity index is 1.85. The van der Waals surface area contributed by atoms with Crippen molar-refractivity contribution in [3.05, 3.63) is 53.8 Å². The Bertz CT molecular complexity index is 1050. The molecule has 4 aromatic rings. The van der Waals surface area contributed by atoms with Crippen LogP contribution in [0.5, 0.6) is 5.75 Å². The van der Waals surface area contributed by atoms with Crippen molar-refractivity contribution in [1.82, 2.24) is 25.4 Å². The van der Waals surface area contributed by atoms with Crippen molar-refractivity contribution in [2.24, 2.45) is 0 Å². The van der Waals surface area contributed by atoms with Gasteiger partial charge in [-0.15, -0.1) is 10.2 Å². The van der Waals surface area contributed by atoms with Crippen molar-refractivity contribution in [2.75, 3.05) is 7.11 Å². The third-order valence-corrected chi connectivity index (χ3v) is 3.79. The lowest BCUT2D eigenvalue weighted by Gasteiger charge is -2.07. The van der Waals surface area contributed by atoms with E-state index in [1.807, 2.05) is 36.4 Å². The molecular weight excluding hydrogens is 318 g/mol. The molecule has 0 saturated heterocycles. The third-order valence-electron chi connectivity index (χ3n) is 3.79. The highest BCUT2D eigenvalue weighted by Crippen LogP contribution is 2.37. The van der Waals surface area contributed by atoms with Crippen molar-refractivity contribution in [2.45, 2.75) is 6.92 Å². The lowest BCUT2D eigenvalue weighted by Crippen LogP contribution is -1.90. The molecule has 0 aliphatic rings. The summed E-state index contributed by atoms with van der Waals surface area (Å²) in [5, 5.41) is 16.2. The lowest BCUT2D eigenvalue weighted by molar-refractivity contribution is 0.418. The summed E-state index contributed by atoms with van der Waals surface area (Å²) in [4.78, 5) is 4.10. The van der Waals surface area contributed by atoms with Crippen LogP contribution < -0.4 is 4.74 Å². The highest BCUT2D eigenvalue weighted by molar-refractivity contribution is 5.98. The van der Waals surface area contributed by atoms with E-state index in [1.54, 1.807) is 26.4 Å². The van der Waals surface area contributed by atoms with E-state index < -0.39 is 0 Å². The molecule has 7 heteroatoms. The van der Waals surface area contributed by atoms with Gasteiger partial charge in [0.2, 0.25) is 5.89 Å². The maximum Gasteiger partial charge on any atom is 0.251 e. The Labute approximate surface area is 143 Å².